The molecular weight excluding hydrogens is 212 g/mol. The second-order valence-electron chi connectivity index (χ2n) is 6.16. The maximum Gasteiger partial charge on any atom is 0.225 e. The van der Waals surface area contributed by atoms with Gasteiger partial charge >= 0.3 is 0 Å². The summed E-state index contributed by atoms with van der Waals surface area (Å²) in [6.45, 7) is 5.89. The van der Waals surface area contributed by atoms with Gasteiger partial charge in [-0.05, 0) is 31.7 Å². The zero-order chi connectivity index (χ0) is 12.4. The normalized spacial score (nSPS) is 29.8. The molecule has 0 aromatic heterocycles. The predicted molar refractivity (Wildman–Crippen MR) is 69.7 cm³/mol. The van der Waals surface area contributed by atoms with Crippen molar-refractivity contribution >= 4 is 5.91 Å². The minimum absolute atomic E-state index is 0.132. The molecule has 0 aromatic carbocycles. The standard InChI is InChI=1S/C14H26N2O/c1-10(2)14(17)16-8-12(6-11-4-5-11)7-13(9-16)15-3/h10-13,15H,4-9H2,1-3H3. The fourth-order valence-electron chi connectivity index (χ4n) is 2.95. The molecule has 17 heavy (non-hydrogen) atoms. The number of carbonyl (C=O) groups is 1. The molecule has 0 aromatic rings. The maximum absolute atomic E-state index is 12.1. The average Bonchev–Trinajstić information content (AvgIpc) is 3.11. The van der Waals surface area contributed by atoms with Crippen LogP contribution in [-0.4, -0.2) is 37.0 Å². The Hall–Kier alpha value is -0.570. The lowest BCUT2D eigenvalue weighted by Gasteiger charge is -2.38. The van der Waals surface area contributed by atoms with Crippen LogP contribution >= 0.6 is 0 Å². The molecule has 3 nitrogen and oxygen atoms in total. The molecule has 2 aliphatic rings. The SMILES string of the molecule is CNC1CC(CC2CC2)CN(C(=O)C(C)C)C1. The van der Waals surface area contributed by atoms with Crippen molar-refractivity contribution in [2.75, 3.05) is 20.1 Å². The molecule has 2 unspecified atom stereocenters. The molecule has 0 radical (unpaired) electrons. The summed E-state index contributed by atoms with van der Waals surface area (Å²) in [7, 11) is 2.02. The summed E-state index contributed by atoms with van der Waals surface area (Å²) in [5.41, 5.74) is 0. The van der Waals surface area contributed by atoms with Crippen molar-refractivity contribution in [2.45, 2.75) is 45.6 Å². The minimum Gasteiger partial charge on any atom is -0.341 e. The molecule has 0 spiro atoms. The number of piperidine rings is 1. The molecule has 1 aliphatic carbocycles. The lowest BCUT2D eigenvalue weighted by atomic mass is 9.89. The second-order valence-corrected chi connectivity index (χ2v) is 6.16. The van der Waals surface area contributed by atoms with Gasteiger partial charge in [0.1, 0.15) is 0 Å². The van der Waals surface area contributed by atoms with Gasteiger partial charge in [0.15, 0.2) is 0 Å². The van der Waals surface area contributed by atoms with Gasteiger partial charge in [0, 0.05) is 25.0 Å². The van der Waals surface area contributed by atoms with E-state index in [2.05, 4.69) is 10.2 Å². The third-order valence-corrected chi connectivity index (χ3v) is 4.11. The van der Waals surface area contributed by atoms with Crippen LogP contribution in [0, 0.1) is 17.8 Å². The van der Waals surface area contributed by atoms with Crippen LogP contribution in [0.3, 0.4) is 0 Å². The lowest BCUT2D eigenvalue weighted by molar-refractivity contribution is -0.136. The first-order valence-corrected chi connectivity index (χ1v) is 7.06. The zero-order valence-corrected chi connectivity index (χ0v) is 11.4. The van der Waals surface area contributed by atoms with E-state index >= 15 is 0 Å². The monoisotopic (exact) mass is 238 g/mol. The summed E-state index contributed by atoms with van der Waals surface area (Å²) < 4.78 is 0. The van der Waals surface area contributed by atoms with Crippen LogP contribution in [-0.2, 0) is 4.79 Å². The Morgan fingerprint density at radius 2 is 2.00 bits per heavy atom. The van der Waals surface area contributed by atoms with Gasteiger partial charge in [-0.25, -0.2) is 0 Å². The summed E-state index contributed by atoms with van der Waals surface area (Å²) >= 11 is 0. The molecule has 2 rings (SSSR count). The van der Waals surface area contributed by atoms with Crippen molar-refractivity contribution in [1.82, 2.24) is 10.2 Å². The van der Waals surface area contributed by atoms with Gasteiger partial charge < -0.3 is 10.2 Å². The number of likely N-dealkylation sites (N-methyl/N-ethyl adjacent to an activating group) is 1. The van der Waals surface area contributed by atoms with Crippen LogP contribution in [0.5, 0.6) is 0 Å². The summed E-state index contributed by atoms with van der Waals surface area (Å²) in [5.74, 6) is 2.14. The van der Waals surface area contributed by atoms with Gasteiger partial charge in [0.25, 0.3) is 0 Å². The number of carbonyl (C=O) groups excluding carboxylic acids is 1. The molecule has 3 heteroatoms. The Morgan fingerprint density at radius 1 is 1.29 bits per heavy atom. The highest BCUT2D eigenvalue weighted by atomic mass is 16.2. The third-order valence-electron chi connectivity index (χ3n) is 4.11. The third kappa shape index (κ3) is 3.44. The van der Waals surface area contributed by atoms with Crippen molar-refractivity contribution in [1.29, 1.82) is 0 Å². The molecule has 1 saturated carbocycles. The van der Waals surface area contributed by atoms with Crippen molar-refractivity contribution in [3.05, 3.63) is 0 Å². The van der Waals surface area contributed by atoms with Gasteiger partial charge in [-0.2, -0.15) is 0 Å². The highest BCUT2D eigenvalue weighted by Crippen LogP contribution is 2.37. The van der Waals surface area contributed by atoms with Crippen molar-refractivity contribution in [3.8, 4) is 0 Å². The number of rotatable bonds is 4. The van der Waals surface area contributed by atoms with Crippen LogP contribution in [0.2, 0.25) is 0 Å². The van der Waals surface area contributed by atoms with Crippen LogP contribution in [0.1, 0.15) is 39.5 Å². The largest absolute Gasteiger partial charge is 0.341 e. The fourth-order valence-corrected chi connectivity index (χ4v) is 2.95. The van der Waals surface area contributed by atoms with Gasteiger partial charge in [-0.3, -0.25) is 4.79 Å². The number of hydrogen-bond donors (Lipinski definition) is 1. The quantitative estimate of drug-likeness (QED) is 0.811. The molecular formula is C14H26N2O. The predicted octanol–water partition coefficient (Wildman–Crippen LogP) is 1.88. The van der Waals surface area contributed by atoms with Crippen LogP contribution in [0.25, 0.3) is 0 Å². The first-order chi connectivity index (χ1) is 8.10. The smallest absolute Gasteiger partial charge is 0.225 e. The number of nitrogens with zero attached hydrogens (tertiary/aromatic N) is 1. The van der Waals surface area contributed by atoms with E-state index < -0.39 is 0 Å². The summed E-state index contributed by atoms with van der Waals surface area (Å²) in [6, 6.07) is 0.496. The zero-order valence-electron chi connectivity index (χ0n) is 11.4. The molecule has 2 atom stereocenters. The first kappa shape index (κ1) is 12.9. The molecule has 98 valence electrons. The van der Waals surface area contributed by atoms with E-state index in [-0.39, 0.29) is 5.92 Å². The molecule has 1 saturated heterocycles. The van der Waals surface area contributed by atoms with E-state index in [1.807, 2.05) is 20.9 Å². The highest BCUT2D eigenvalue weighted by Gasteiger charge is 2.33. The Balaban J connectivity index is 1.93. The van der Waals surface area contributed by atoms with Crippen LogP contribution < -0.4 is 5.32 Å². The molecule has 1 heterocycles. The number of amides is 1. The molecule has 0 bridgehead atoms. The maximum atomic E-state index is 12.1. The number of nitrogens with one attached hydrogen (secondary N) is 1. The highest BCUT2D eigenvalue weighted by molar-refractivity contribution is 5.78. The summed E-state index contributed by atoms with van der Waals surface area (Å²) in [6.07, 6.45) is 5.41. The van der Waals surface area contributed by atoms with Gasteiger partial charge in [-0.1, -0.05) is 26.7 Å². The topological polar surface area (TPSA) is 32.3 Å². The second kappa shape index (κ2) is 5.38. The Morgan fingerprint density at radius 3 is 2.53 bits per heavy atom. The minimum atomic E-state index is 0.132. The van der Waals surface area contributed by atoms with Crippen molar-refractivity contribution < 1.29 is 4.79 Å². The van der Waals surface area contributed by atoms with Crippen molar-refractivity contribution in [2.24, 2.45) is 17.8 Å². The summed E-state index contributed by atoms with van der Waals surface area (Å²) in [5, 5.41) is 3.36. The molecule has 2 fully saturated rings. The Labute approximate surface area is 105 Å². The van der Waals surface area contributed by atoms with Gasteiger partial charge in [0.05, 0.1) is 0 Å². The van der Waals surface area contributed by atoms with Crippen LogP contribution in [0.4, 0.5) is 0 Å². The molecule has 1 amide bonds. The number of hydrogen-bond acceptors (Lipinski definition) is 2. The van der Waals surface area contributed by atoms with Gasteiger partial charge in [-0.15, -0.1) is 0 Å². The van der Waals surface area contributed by atoms with Crippen molar-refractivity contribution in [3.63, 3.8) is 0 Å². The van der Waals surface area contributed by atoms with E-state index in [9.17, 15) is 4.79 Å². The average molecular weight is 238 g/mol. The van der Waals surface area contributed by atoms with E-state index in [0.717, 1.165) is 24.9 Å². The van der Waals surface area contributed by atoms with Crippen LogP contribution in [0.15, 0.2) is 0 Å². The van der Waals surface area contributed by atoms with E-state index in [1.54, 1.807) is 0 Å². The summed E-state index contributed by atoms with van der Waals surface area (Å²) in [4.78, 5) is 14.2. The number of likely N-dealkylation sites (tertiary alicyclic amines) is 1. The Kier molecular flexibility index (Phi) is 4.08. The van der Waals surface area contributed by atoms with Gasteiger partial charge in [0.2, 0.25) is 5.91 Å². The van der Waals surface area contributed by atoms with E-state index in [0.29, 0.717) is 11.9 Å². The molecule has 1 N–H and O–H groups in total. The first-order valence-electron chi connectivity index (χ1n) is 7.06. The van der Waals surface area contributed by atoms with E-state index in [1.165, 1.54) is 25.7 Å². The molecule has 1 aliphatic heterocycles. The fraction of sp³-hybridized carbons (Fsp3) is 0.929. The lowest BCUT2D eigenvalue weighted by Crippen LogP contribution is -2.51. The van der Waals surface area contributed by atoms with E-state index in [4.69, 9.17) is 0 Å². The Bertz CT molecular complexity index is 273.